The number of rotatable bonds is 4. The number of amides is 3. The molecule has 0 aromatic rings. The summed E-state index contributed by atoms with van der Waals surface area (Å²) >= 11 is 0. The highest BCUT2D eigenvalue weighted by Gasteiger charge is 2.42. The molecular formula is C25H44N4O3. The van der Waals surface area contributed by atoms with E-state index in [0.717, 1.165) is 77.6 Å². The number of nitrogens with one attached hydrogen (secondary N) is 1. The molecule has 3 amide bonds. The molecule has 4 rings (SSSR count). The maximum Gasteiger partial charge on any atom is 0.317 e. The van der Waals surface area contributed by atoms with Gasteiger partial charge in [-0.15, -0.1) is 0 Å². The summed E-state index contributed by atoms with van der Waals surface area (Å²) in [6.07, 6.45) is 11.2. The average Bonchev–Trinajstić information content (AvgIpc) is 2.80. The van der Waals surface area contributed by atoms with E-state index in [-0.39, 0.29) is 17.7 Å². The van der Waals surface area contributed by atoms with Gasteiger partial charge in [-0.3, -0.25) is 9.69 Å². The van der Waals surface area contributed by atoms with Gasteiger partial charge in [0.15, 0.2) is 0 Å². The van der Waals surface area contributed by atoms with E-state index >= 15 is 0 Å². The summed E-state index contributed by atoms with van der Waals surface area (Å²) in [6.45, 7) is 10.1. The van der Waals surface area contributed by atoms with Gasteiger partial charge in [0.2, 0.25) is 5.91 Å². The second-order valence-corrected chi connectivity index (χ2v) is 10.9. The van der Waals surface area contributed by atoms with Gasteiger partial charge >= 0.3 is 6.03 Å². The monoisotopic (exact) mass is 448 g/mol. The Morgan fingerprint density at radius 3 is 2.28 bits per heavy atom. The molecule has 32 heavy (non-hydrogen) atoms. The fourth-order valence-corrected chi connectivity index (χ4v) is 6.27. The maximum absolute atomic E-state index is 13.1. The van der Waals surface area contributed by atoms with Crippen LogP contribution in [-0.4, -0.2) is 90.2 Å². The minimum Gasteiger partial charge on any atom is -0.375 e. The fourth-order valence-electron chi connectivity index (χ4n) is 6.27. The number of hydrogen-bond acceptors (Lipinski definition) is 4. The highest BCUT2D eigenvalue weighted by molar-refractivity contribution is 5.76. The highest BCUT2D eigenvalue weighted by Crippen LogP contribution is 2.39. The van der Waals surface area contributed by atoms with Crippen LogP contribution in [0.4, 0.5) is 4.79 Å². The maximum atomic E-state index is 13.1. The van der Waals surface area contributed by atoms with Crippen LogP contribution in [0.3, 0.4) is 0 Å². The van der Waals surface area contributed by atoms with Crippen molar-refractivity contribution in [1.82, 2.24) is 20.0 Å². The molecule has 4 fully saturated rings. The third-order valence-corrected chi connectivity index (χ3v) is 8.19. The van der Waals surface area contributed by atoms with E-state index in [1.807, 2.05) is 18.7 Å². The van der Waals surface area contributed by atoms with Crippen LogP contribution < -0.4 is 5.32 Å². The zero-order valence-corrected chi connectivity index (χ0v) is 20.3. The summed E-state index contributed by atoms with van der Waals surface area (Å²) in [5.41, 5.74) is -0.141. The molecule has 7 heteroatoms. The molecule has 1 unspecified atom stereocenters. The van der Waals surface area contributed by atoms with E-state index in [4.69, 9.17) is 4.74 Å². The molecule has 4 aliphatic rings. The Balaban J connectivity index is 1.21. The molecule has 1 N–H and O–H groups in total. The molecule has 1 saturated carbocycles. The number of carbonyl (C=O) groups is 2. The van der Waals surface area contributed by atoms with Crippen LogP contribution in [0, 0.1) is 5.92 Å². The first kappa shape index (κ1) is 23.8. The van der Waals surface area contributed by atoms with E-state index in [1.54, 1.807) is 0 Å². The van der Waals surface area contributed by atoms with Crippen LogP contribution in [0.5, 0.6) is 0 Å². The molecule has 0 bridgehead atoms. The first-order chi connectivity index (χ1) is 15.4. The molecule has 3 heterocycles. The SMILES string of the molecule is CC(C)NC(=O)N1CCC2(CC1)CC(CC(=O)N1CCN(C3CCCCC3)CC1)CCO2. The number of carbonyl (C=O) groups excluding carboxylic acids is 2. The predicted octanol–water partition coefficient (Wildman–Crippen LogP) is 3.23. The minimum atomic E-state index is -0.141. The van der Waals surface area contributed by atoms with E-state index in [2.05, 4.69) is 15.1 Å². The van der Waals surface area contributed by atoms with Crippen molar-refractivity contribution in [3.05, 3.63) is 0 Å². The Hall–Kier alpha value is -1.34. The van der Waals surface area contributed by atoms with Crippen molar-refractivity contribution >= 4 is 11.9 Å². The first-order valence-corrected chi connectivity index (χ1v) is 13.2. The molecule has 182 valence electrons. The number of piperidine rings is 1. The number of nitrogens with zero attached hydrogens (tertiary/aromatic N) is 3. The topological polar surface area (TPSA) is 65.1 Å². The molecule has 0 aromatic carbocycles. The smallest absolute Gasteiger partial charge is 0.317 e. The molecule has 7 nitrogen and oxygen atoms in total. The first-order valence-electron chi connectivity index (χ1n) is 13.2. The van der Waals surface area contributed by atoms with Gasteiger partial charge in [0.05, 0.1) is 5.60 Å². The molecule has 1 aliphatic carbocycles. The van der Waals surface area contributed by atoms with Gasteiger partial charge < -0.3 is 19.9 Å². The highest BCUT2D eigenvalue weighted by atomic mass is 16.5. The van der Waals surface area contributed by atoms with Crippen molar-refractivity contribution in [1.29, 1.82) is 0 Å². The lowest BCUT2D eigenvalue weighted by molar-refractivity contribution is -0.142. The normalized spacial score (nSPS) is 27.7. The molecule has 0 aromatic heterocycles. The molecule has 1 spiro atoms. The Morgan fingerprint density at radius 1 is 0.938 bits per heavy atom. The largest absolute Gasteiger partial charge is 0.375 e. The van der Waals surface area contributed by atoms with Gasteiger partial charge in [-0.2, -0.15) is 0 Å². The third-order valence-electron chi connectivity index (χ3n) is 8.19. The molecular weight excluding hydrogens is 404 g/mol. The zero-order valence-electron chi connectivity index (χ0n) is 20.3. The van der Waals surface area contributed by atoms with Crippen molar-refractivity contribution in [3.63, 3.8) is 0 Å². The van der Waals surface area contributed by atoms with Crippen molar-refractivity contribution in [3.8, 4) is 0 Å². The Labute approximate surface area is 194 Å². The third kappa shape index (κ3) is 5.96. The fraction of sp³-hybridized carbons (Fsp3) is 0.920. The van der Waals surface area contributed by atoms with Gasteiger partial charge in [-0.05, 0) is 58.3 Å². The van der Waals surface area contributed by atoms with Gasteiger partial charge in [0, 0.05) is 64.4 Å². The standard InChI is InChI=1S/C25H44N4O3/c1-20(2)26-24(31)29-11-9-25(10-12-29)19-21(8-17-32-25)18-23(30)28-15-13-27(14-16-28)22-6-4-3-5-7-22/h20-22H,3-19H2,1-2H3,(H,26,31). The Kier molecular flexibility index (Phi) is 7.98. The number of urea groups is 1. The Bertz CT molecular complexity index is 633. The summed E-state index contributed by atoms with van der Waals surface area (Å²) < 4.78 is 6.26. The number of likely N-dealkylation sites (tertiary alicyclic amines) is 1. The second kappa shape index (κ2) is 10.7. The number of ether oxygens (including phenoxy) is 1. The van der Waals surface area contributed by atoms with E-state index in [9.17, 15) is 9.59 Å². The van der Waals surface area contributed by atoms with E-state index in [0.29, 0.717) is 18.2 Å². The number of hydrogen-bond donors (Lipinski definition) is 1. The van der Waals surface area contributed by atoms with Crippen molar-refractivity contribution in [2.24, 2.45) is 5.92 Å². The van der Waals surface area contributed by atoms with Gasteiger partial charge in [0.1, 0.15) is 0 Å². The van der Waals surface area contributed by atoms with Crippen LogP contribution >= 0.6 is 0 Å². The summed E-state index contributed by atoms with van der Waals surface area (Å²) in [6, 6.07) is 0.943. The minimum absolute atomic E-state index is 0.0322. The lowest BCUT2D eigenvalue weighted by Crippen LogP contribution is -2.54. The van der Waals surface area contributed by atoms with Crippen molar-refractivity contribution < 1.29 is 14.3 Å². The molecule has 0 radical (unpaired) electrons. The zero-order chi connectivity index (χ0) is 22.6. The summed E-state index contributed by atoms with van der Waals surface area (Å²) in [4.78, 5) is 32.0. The van der Waals surface area contributed by atoms with Gasteiger partial charge in [-0.1, -0.05) is 19.3 Å². The lowest BCUT2D eigenvalue weighted by atomic mass is 9.78. The van der Waals surface area contributed by atoms with Gasteiger partial charge in [0.25, 0.3) is 0 Å². The summed E-state index contributed by atoms with van der Waals surface area (Å²) in [5, 5.41) is 2.99. The van der Waals surface area contributed by atoms with Gasteiger partial charge in [-0.25, -0.2) is 4.79 Å². The van der Waals surface area contributed by atoms with Crippen molar-refractivity contribution in [2.45, 2.75) is 95.7 Å². The quantitative estimate of drug-likeness (QED) is 0.717. The van der Waals surface area contributed by atoms with Crippen LogP contribution in [0.15, 0.2) is 0 Å². The Morgan fingerprint density at radius 2 is 1.62 bits per heavy atom. The van der Waals surface area contributed by atoms with E-state index < -0.39 is 0 Å². The molecule has 3 saturated heterocycles. The average molecular weight is 449 g/mol. The van der Waals surface area contributed by atoms with Crippen molar-refractivity contribution in [2.75, 3.05) is 45.9 Å². The second-order valence-electron chi connectivity index (χ2n) is 10.9. The van der Waals surface area contributed by atoms with Crippen LogP contribution in [0.1, 0.15) is 78.1 Å². The molecule has 3 aliphatic heterocycles. The van der Waals surface area contributed by atoms with E-state index in [1.165, 1.54) is 32.1 Å². The lowest BCUT2D eigenvalue weighted by Gasteiger charge is -2.46. The van der Waals surface area contributed by atoms with Crippen LogP contribution in [0.2, 0.25) is 0 Å². The summed E-state index contributed by atoms with van der Waals surface area (Å²) in [5.74, 6) is 0.743. The van der Waals surface area contributed by atoms with Crippen LogP contribution in [0.25, 0.3) is 0 Å². The molecule has 1 atom stereocenters. The summed E-state index contributed by atoms with van der Waals surface area (Å²) in [7, 11) is 0. The van der Waals surface area contributed by atoms with Crippen LogP contribution in [-0.2, 0) is 9.53 Å². The number of piperazine rings is 1. The predicted molar refractivity (Wildman–Crippen MR) is 126 cm³/mol.